The van der Waals surface area contributed by atoms with E-state index in [0.717, 1.165) is 25.3 Å². The fourth-order valence-corrected chi connectivity index (χ4v) is 2.34. The minimum absolute atomic E-state index is 0.301. The number of carbonyl (C=O) groups excluding carboxylic acids is 1. The zero-order chi connectivity index (χ0) is 14.0. The molecule has 0 bridgehead atoms. The van der Waals surface area contributed by atoms with Gasteiger partial charge in [0.1, 0.15) is 0 Å². The largest absolute Gasteiger partial charge is 0.417 e. The van der Waals surface area contributed by atoms with E-state index in [1.54, 1.807) is 0 Å². The second kappa shape index (κ2) is 5.53. The third-order valence-electron chi connectivity index (χ3n) is 3.31. The minimum Gasteiger partial charge on any atom is -0.352 e. The summed E-state index contributed by atoms with van der Waals surface area (Å²) in [5.74, 6) is -0.250. The molecule has 1 aromatic carbocycles. The molecule has 0 atom stereocenters. The highest BCUT2D eigenvalue weighted by atomic mass is 79.9. The van der Waals surface area contributed by atoms with Gasteiger partial charge in [0.15, 0.2) is 0 Å². The van der Waals surface area contributed by atoms with Crippen LogP contribution in [0.15, 0.2) is 22.7 Å². The zero-order valence-corrected chi connectivity index (χ0v) is 11.6. The van der Waals surface area contributed by atoms with Gasteiger partial charge in [0.05, 0.1) is 11.1 Å². The third-order valence-corrected chi connectivity index (χ3v) is 3.80. The highest BCUT2D eigenvalue weighted by Gasteiger charge is 2.35. The highest BCUT2D eigenvalue weighted by molar-refractivity contribution is 9.10. The van der Waals surface area contributed by atoms with Gasteiger partial charge in [-0.25, -0.2) is 0 Å². The first-order valence-electron chi connectivity index (χ1n) is 6.03. The molecule has 1 aromatic rings. The van der Waals surface area contributed by atoms with Crippen LogP contribution < -0.4 is 5.32 Å². The molecule has 1 aliphatic carbocycles. The summed E-state index contributed by atoms with van der Waals surface area (Å²) in [6.07, 6.45) is -1.33. The summed E-state index contributed by atoms with van der Waals surface area (Å²) in [7, 11) is 0. The Hall–Kier alpha value is -1.04. The smallest absolute Gasteiger partial charge is 0.352 e. The zero-order valence-electron chi connectivity index (χ0n) is 10.1. The molecule has 1 amide bonds. The number of carbonyl (C=O) groups is 1. The molecule has 0 unspecified atom stereocenters. The fourth-order valence-electron chi connectivity index (χ4n) is 1.98. The summed E-state index contributed by atoms with van der Waals surface area (Å²) >= 11 is 2.99. The average molecular weight is 336 g/mol. The van der Waals surface area contributed by atoms with Crippen LogP contribution in [0.2, 0.25) is 0 Å². The Labute approximate surface area is 117 Å². The Morgan fingerprint density at radius 2 is 2.05 bits per heavy atom. The molecule has 2 rings (SSSR count). The molecular formula is C13H13BrF3NO. The van der Waals surface area contributed by atoms with Crippen LogP contribution in [0.3, 0.4) is 0 Å². The summed E-state index contributed by atoms with van der Waals surface area (Å²) in [6.45, 7) is 0.451. The van der Waals surface area contributed by atoms with Gasteiger partial charge in [0.25, 0.3) is 5.91 Å². The predicted octanol–water partition coefficient (Wildman–Crippen LogP) is 4.00. The van der Waals surface area contributed by atoms with Crippen LogP contribution in [-0.2, 0) is 6.18 Å². The molecule has 6 heteroatoms. The molecule has 19 heavy (non-hydrogen) atoms. The number of alkyl halides is 3. The molecule has 0 radical (unpaired) electrons. The second-order valence-electron chi connectivity index (χ2n) is 4.69. The Morgan fingerprint density at radius 3 is 2.58 bits per heavy atom. The SMILES string of the molecule is O=C(NCC1CCC1)c1ccc(Br)cc1C(F)(F)F. The van der Waals surface area contributed by atoms with Crippen LogP contribution in [0, 0.1) is 5.92 Å². The molecule has 0 spiro atoms. The van der Waals surface area contributed by atoms with E-state index in [-0.39, 0.29) is 5.56 Å². The van der Waals surface area contributed by atoms with Crippen LogP contribution >= 0.6 is 15.9 Å². The minimum atomic E-state index is -4.53. The number of halogens is 4. The van der Waals surface area contributed by atoms with E-state index in [1.165, 1.54) is 12.1 Å². The first-order chi connectivity index (χ1) is 8.88. The molecule has 1 fully saturated rings. The van der Waals surface area contributed by atoms with Crippen molar-refractivity contribution in [2.75, 3.05) is 6.54 Å². The topological polar surface area (TPSA) is 29.1 Å². The van der Waals surface area contributed by atoms with Crippen LogP contribution in [0.5, 0.6) is 0 Å². The van der Waals surface area contributed by atoms with Gasteiger partial charge in [-0.3, -0.25) is 4.79 Å². The summed E-state index contributed by atoms with van der Waals surface area (Å²) in [6, 6.07) is 3.56. The molecule has 0 heterocycles. The molecule has 0 aliphatic heterocycles. The molecule has 104 valence electrons. The third kappa shape index (κ3) is 3.49. The van der Waals surface area contributed by atoms with Gasteiger partial charge in [-0.1, -0.05) is 22.4 Å². The van der Waals surface area contributed by atoms with E-state index >= 15 is 0 Å². The van der Waals surface area contributed by atoms with Gasteiger partial charge in [-0.05, 0) is 37.0 Å². The van der Waals surface area contributed by atoms with Crippen LogP contribution in [-0.4, -0.2) is 12.5 Å². The van der Waals surface area contributed by atoms with Crippen molar-refractivity contribution in [3.63, 3.8) is 0 Å². The van der Waals surface area contributed by atoms with Crippen molar-refractivity contribution in [1.29, 1.82) is 0 Å². The van der Waals surface area contributed by atoms with E-state index in [9.17, 15) is 18.0 Å². The number of rotatable bonds is 3. The summed E-state index contributed by atoms with van der Waals surface area (Å²) in [4.78, 5) is 11.8. The molecule has 1 saturated carbocycles. The monoisotopic (exact) mass is 335 g/mol. The Morgan fingerprint density at radius 1 is 1.37 bits per heavy atom. The van der Waals surface area contributed by atoms with Crippen LogP contribution in [0.4, 0.5) is 13.2 Å². The lowest BCUT2D eigenvalue weighted by Crippen LogP contribution is -2.33. The molecule has 0 aromatic heterocycles. The van der Waals surface area contributed by atoms with Crippen LogP contribution in [0.25, 0.3) is 0 Å². The van der Waals surface area contributed by atoms with Crippen molar-refractivity contribution < 1.29 is 18.0 Å². The first-order valence-corrected chi connectivity index (χ1v) is 6.82. The Kier molecular flexibility index (Phi) is 4.18. The second-order valence-corrected chi connectivity index (χ2v) is 5.61. The quantitative estimate of drug-likeness (QED) is 0.888. The summed E-state index contributed by atoms with van der Waals surface area (Å²) in [5, 5.41) is 2.58. The maximum absolute atomic E-state index is 12.9. The lowest BCUT2D eigenvalue weighted by atomic mass is 9.85. The van der Waals surface area contributed by atoms with E-state index in [1.807, 2.05) is 0 Å². The summed E-state index contributed by atoms with van der Waals surface area (Å²) in [5.41, 5.74) is -1.23. The van der Waals surface area contributed by atoms with Gasteiger partial charge in [0, 0.05) is 11.0 Å². The van der Waals surface area contributed by atoms with E-state index in [0.29, 0.717) is 16.9 Å². The highest BCUT2D eigenvalue weighted by Crippen LogP contribution is 2.34. The lowest BCUT2D eigenvalue weighted by molar-refractivity contribution is -0.138. The van der Waals surface area contributed by atoms with Crippen LogP contribution in [0.1, 0.15) is 35.2 Å². The molecule has 1 N–H and O–H groups in total. The van der Waals surface area contributed by atoms with E-state index in [2.05, 4.69) is 21.2 Å². The van der Waals surface area contributed by atoms with Crippen molar-refractivity contribution in [3.8, 4) is 0 Å². The van der Waals surface area contributed by atoms with Gasteiger partial charge in [-0.15, -0.1) is 0 Å². The maximum Gasteiger partial charge on any atom is 0.417 e. The number of amides is 1. The van der Waals surface area contributed by atoms with E-state index in [4.69, 9.17) is 0 Å². The van der Waals surface area contributed by atoms with Gasteiger partial charge in [-0.2, -0.15) is 13.2 Å². The molecular weight excluding hydrogens is 323 g/mol. The molecule has 2 nitrogen and oxygen atoms in total. The first kappa shape index (κ1) is 14.4. The Balaban J connectivity index is 2.15. The van der Waals surface area contributed by atoms with Crippen molar-refractivity contribution >= 4 is 21.8 Å². The van der Waals surface area contributed by atoms with Crippen molar-refractivity contribution in [3.05, 3.63) is 33.8 Å². The van der Waals surface area contributed by atoms with Crippen molar-refractivity contribution in [2.45, 2.75) is 25.4 Å². The van der Waals surface area contributed by atoms with Crippen molar-refractivity contribution in [1.82, 2.24) is 5.32 Å². The van der Waals surface area contributed by atoms with Gasteiger partial charge < -0.3 is 5.32 Å². The number of hydrogen-bond acceptors (Lipinski definition) is 1. The van der Waals surface area contributed by atoms with E-state index < -0.39 is 17.6 Å². The average Bonchev–Trinajstić information content (AvgIpc) is 2.25. The predicted molar refractivity (Wildman–Crippen MR) is 68.8 cm³/mol. The number of benzene rings is 1. The maximum atomic E-state index is 12.9. The molecule has 1 aliphatic rings. The number of hydrogen-bond donors (Lipinski definition) is 1. The van der Waals surface area contributed by atoms with Crippen molar-refractivity contribution in [2.24, 2.45) is 5.92 Å². The molecule has 0 saturated heterocycles. The normalized spacial score (nSPS) is 16.0. The fraction of sp³-hybridized carbons (Fsp3) is 0.462. The number of nitrogens with one attached hydrogen (secondary N) is 1. The van der Waals surface area contributed by atoms with Gasteiger partial charge >= 0.3 is 6.18 Å². The Bertz CT molecular complexity index is 483. The standard InChI is InChI=1S/C13H13BrF3NO/c14-9-4-5-10(11(6-9)13(15,16)17)12(19)18-7-8-2-1-3-8/h4-6,8H,1-3,7H2,(H,18,19). The van der Waals surface area contributed by atoms with Gasteiger partial charge in [0.2, 0.25) is 0 Å². The summed E-state index contributed by atoms with van der Waals surface area (Å²) < 4.78 is 38.9. The lowest BCUT2D eigenvalue weighted by Gasteiger charge is -2.25.